The van der Waals surface area contributed by atoms with Gasteiger partial charge in [-0.15, -0.1) is 0 Å². The summed E-state index contributed by atoms with van der Waals surface area (Å²) in [6.45, 7) is 3.61. The molecule has 7 heteroatoms. The Morgan fingerprint density at radius 1 is 1.53 bits per heavy atom. The molecule has 2 N–H and O–H groups in total. The molecule has 2 rings (SSSR count). The minimum Gasteiger partial charge on any atom is -0.387 e. The normalized spacial score (nSPS) is 12.7. The highest BCUT2D eigenvalue weighted by atomic mass is 16.5. The van der Waals surface area contributed by atoms with Crippen LogP contribution in [0.1, 0.15) is 25.1 Å². The van der Waals surface area contributed by atoms with Gasteiger partial charge in [-0.25, -0.2) is 0 Å². The first-order chi connectivity index (χ1) is 9.28. The average molecular weight is 265 g/mol. The van der Waals surface area contributed by atoms with Gasteiger partial charge in [-0.1, -0.05) is 5.16 Å². The van der Waals surface area contributed by atoms with E-state index < -0.39 is 0 Å². The van der Waals surface area contributed by atoms with E-state index in [-0.39, 0.29) is 12.5 Å². The third kappa shape index (κ3) is 4.46. The van der Waals surface area contributed by atoms with Crippen LogP contribution in [0.4, 0.5) is 0 Å². The van der Waals surface area contributed by atoms with Gasteiger partial charge in [-0.05, 0) is 19.4 Å². The van der Waals surface area contributed by atoms with Gasteiger partial charge in [0.05, 0.1) is 0 Å². The van der Waals surface area contributed by atoms with Crippen molar-refractivity contribution in [1.82, 2.24) is 25.2 Å². The van der Waals surface area contributed by atoms with E-state index in [1.54, 1.807) is 6.20 Å². The first-order valence-electron chi connectivity index (χ1n) is 6.41. The number of aromatic nitrogens is 4. The molecule has 0 bridgehead atoms. The summed E-state index contributed by atoms with van der Waals surface area (Å²) in [5.41, 5.74) is 0. The van der Waals surface area contributed by atoms with E-state index in [2.05, 4.69) is 27.5 Å². The molecular formula is C12H19N5O2. The summed E-state index contributed by atoms with van der Waals surface area (Å²) in [5, 5.41) is 20.1. The molecule has 2 heterocycles. The third-order valence-electron chi connectivity index (χ3n) is 2.84. The quantitative estimate of drug-likeness (QED) is 0.717. The Bertz CT molecular complexity index is 468. The second-order valence-corrected chi connectivity index (χ2v) is 4.43. The molecule has 19 heavy (non-hydrogen) atoms. The average Bonchev–Trinajstić information content (AvgIpc) is 3.07. The number of aryl methyl sites for hydroxylation is 1. The van der Waals surface area contributed by atoms with Crippen LogP contribution in [0.15, 0.2) is 23.0 Å². The molecule has 1 atom stereocenters. The zero-order valence-corrected chi connectivity index (χ0v) is 11.0. The summed E-state index contributed by atoms with van der Waals surface area (Å²) in [6.07, 6.45) is 5.45. The molecule has 0 saturated carbocycles. The summed E-state index contributed by atoms with van der Waals surface area (Å²) < 4.78 is 6.74. The fraction of sp³-hybridized carbons (Fsp3) is 0.583. The van der Waals surface area contributed by atoms with E-state index in [1.165, 1.54) is 0 Å². The van der Waals surface area contributed by atoms with Gasteiger partial charge >= 0.3 is 0 Å². The van der Waals surface area contributed by atoms with E-state index >= 15 is 0 Å². The highest BCUT2D eigenvalue weighted by Crippen LogP contribution is 1.99. The van der Waals surface area contributed by atoms with Gasteiger partial charge in [0, 0.05) is 37.9 Å². The number of aliphatic hydroxyl groups excluding tert-OH is 1. The summed E-state index contributed by atoms with van der Waals surface area (Å²) in [6, 6.07) is 2.32. The van der Waals surface area contributed by atoms with Crippen LogP contribution in [0.3, 0.4) is 0 Å². The third-order valence-corrected chi connectivity index (χ3v) is 2.84. The minimum atomic E-state index is -0.208. The molecule has 0 aliphatic heterocycles. The Labute approximate surface area is 111 Å². The first-order valence-corrected chi connectivity index (χ1v) is 6.41. The number of hydrogen-bond acceptors (Lipinski definition) is 6. The number of nitrogens with one attached hydrogen (secondary N) is 1. The van der Waals surface area contributed by atoms with Crippen molar-refractivity contribution in [2.45, 2.75) is 39.0 Å². The van der Waals surface area contributed by atoms with Crippen LogP contribution >= 0.6 is 0 Å². The number of aliphatic hydroxyl groups is 1. The van der Waals surface area contributed by atoms with Crippen LogP contribution in [-0.2, 0) is 19.6 Å². The molecule has 0 amide bonds. The summed E-state index contributed by atoms with van der Waals surface area (Å²) in [7, 11) is 0. The van der Waals surface area contributed by atoms with Crippen LogP contribution < -0.4 is 5.32 Å². The molecule has 104 valence electrons. The molecule has 0 aromatic carbocycles. The molecule has 2 aromatic heterocycles. The lowest BCUT2D eigenvalue weighted by Gasteiger charge is -2.12. The largest absolute Gasteiger partial charge is 0.387 e. The molecule has 0 saturated heterocycles. The van der Waals surface area contributed by atoms with Gasteiger partial charge in [0.25, 0.3) is 5.89 Å². The monoisotopic (exact) mass is 265 g/mol. The first kappa shape index (κ1) is 13.7. The Morgan fingerprint density at radius 2 is 2.42 bits per heavy atom. The Balaban J connectivity index is 1.62. The Morgan fingerprint density at radius 3 is 3.11 bits per heavy atom. The molecule has 0 spiro atoms. The minimum absolute atomic E-state index is 0.208. The van der Waals surface area contributed by atoms with E-state index in [0.29, 0.717) is 18.3 Å². The number of rotatable bonds is 8. The lowest BCUT2D eigenvalue weighted by molar-refractivity contribution is 0.222. The molecule has 0 aliphatic rings. The van der Waals surface area contributed by atoms with E-state index in [9.17, 15) is 0 Å². The maximum Gasteiger partial charge on any atom is 0.252 e. The predicted octanol–water partition coefficient (Wildman–Crippen LogP) is 0.369. The van der Waals surface area contributed by atoms with Crippen LogP contribution in [0.2, 0.25) is 0 Å². The Hall–Kier alpha value is -1.73. The maximum absolute atomic E-state index is 8.80. The van der Waals surface area contributed by atoms with E-state index in [0.717, 1.165) is 19.5 Å². The number of nitrogens with zero attached hydrogens (tertiary/aromatic N) is 4. The van der Waals surface area contributed by atoms with Crippen molar-refractivity contribution in [2.75, 3.05) is 6.54 Å². The van der Waals surface area contributed by atoms with Gasteiger partial charge in [0.15, 0.2) is 5.82 Å². The summed E-state index contributed by atoms with van der Waals surface area (Å²) in [5.74, 6) is 0.887. The predicted molar refractivity (Wildman–Crippen MR) is 68.2 cm³/mol. The van der Waals surface area contributed by atoms with Crippen LogP contribution in [0, 0.1) is 0 Å². The van der Waals surface area contributed by atoms with Gasteiger partial charge in [-0.3, -0.25) is 4.68 Å². The van der Waals surface area contributed by atoms with Gasteiger partial charge < -0.3 is 14.9 Å². The highest BCUT2D eigenvalue weighted by Gasteiger charge is 2.06. The van der Waals surface area contributed by atoms with Crippen molar-refractivity contribution < 1.29 is 9.63 Å². The zero-order valence-electron chi connectivity index (χ0n) is 11.0. The second-order valence-electron chi connectivity index (χ2n) is 4.43. The zero-order chi connectivity index (χ0) is 13.5. The van der Waals surface area contributed by atoms with Crippen molar-refractivity contribution in [3.8, 4) is 0 Å². The van der Waals surface area contributed by atoms with E-state index in [1.807, 2.05) is 16.9 Å². The fourth-order valence-electron chi connectivity index (χ4n) is 1.75. The van der Waals surface area contributed by atoms with Crippen LogP contribution in [0.25, 0.3) is 0 Å². The molecule has 7 nitrogen and oxygen atoms in total. The molecule has 0 radical (unpaired) electrons. The van der Waals surface area contributed by atoms with Crippen molar-refractivity contribution in [3.05, 3.63) is 30.2 Å². The van der Waals surface area contributed by atoms with Gasteiger partial charge in [0.2, 0.25) is 0 Å². The molecule has 0 unspecified atom stereocenters. The van der Waals surface area contributed by atoms with E-state index in [4.69, 9.17) is 9.63 Å². The fourth-order valence-corrected chi connectivity index (χ4v) is 1.75. The lowest BCUT2D eigenvalue weighted by atomic mass is 10.2. The standard InChI is InChI=1S/C12H19N5O2/c1-10(4-8-17-7-2-5-14-17)13-6-3-11-15-12(9-18)19-16-11/h2,5,7,10,13,18H,3-4,6,8-9H2,1H3/t10-/m0/s1. The SMILES string of the molecule is C[C@@H](CCn1cccn1)NCCc1noc(CO)n1. The van der Waals surface area contributed by atoms with Crippen LogP contribution in [-0.4, -0.2) is 37.6 Å². The van der Waals surface area contributed by atoms with Crippen molar-refractivity contribution in [2.24, 2.45) is 0 Å². The smallest absolute Gasteiger partial charge is 0.252 e. The van der Waals surface area contributed by atoms with Crippen molar-refractivity contribution >= 4 is 0 Å². The maximum atomic E-state index is 8.80. The second kappa shape index (κ2) is 7.01. The highest BCUT2D eigenvalue weighted by molar-refractivity contribution is 4.85. The molecule has 2 aromatic rings. The number of hydrogen-bond donors (Lipinski definition) is 2. The molecule has 0 fully saturated rings. The molecule has 0 aliphatic carbocycles. The lowest BCUT2D eigenvalue weighted by Crippen LogP contribution is -2.29. The van der Waals surface area contributed by atoms with Crippen molar-refractivity contribution in [3.63, 3.8) is 0 Å². The van der Waals surface area contributed by atoms with Crippen LogP contribution in [0.5, 0.6) is 0 Å². The van der Waals surface area contributed by atoms with Gasteiger partial charge in [0.1, 0.15) is 6.61 Å². The van der Waals surface area contributed by atoms with Gasteiger partial charge in [-0.2, -0.15) is 10.1 Å². The Kier molecular flexibility index (Phi) is 5.05. The topological polar surface area (TPSA) is 89.0 Å². The molecular weight excluding hydrogens is 246 g/mol. The van der Waals surface area contributed by atoms with Crippen molar-refractivity contribution in [1.29, 1.82) is 0 Å². The summed E-state index contributed by atoms with van der Waals surface area (Å²) in [4.78, 5) is 4.03. The summed E-state index contributed by atoms with van der Waals surface area (Å²) >= 11 is 0.